The SMILES string of the molecule is COc1cccc([C@H]2Oc3ccc(OC)cc3C(=NO[C@H](C)CN3CCCc4nc(C)c(C)cc43)[C@H]2O)c1. The Kier molecular flexibility index (Phi) is 7.42. The Labute approximate surface area is 223 Å². The Morgan fingerprint density at radius 2 is 1.89 bits per heavy atom. The van der Waals surface area contributed by atoms with E-state index in [2.05, 4.69) is 30.0 Å². The highest BCUT2D eigenvalue weighted by Crippen LogP contribution is 2.38. The number of aryl methyl sites for hydroxylation is 3. The lowest BCUT2D eigenvalue weighted by Gasteiger charge is -2.33. The lowest BCUT2D eigenvalue weighted by molar-refractivity contribution is 0.0512. The van der Waals surface area contributed by atoms with Crippen LogP contribution < -0.4 is 19.1 Å². The number of methoxy groups -OCH3 is 2. The number of oxime groups is 1. The summed E-state index contributed by atoms with van der Waals surface area (Å²) >= 11 is 0. The second kappa shape index (κ2) is 10.9. The maximum atomic E-state index is 11.4. The highest BCUT2D eigenvalue weighted by Gasteiger charge is 2.37. The summed E-state index contributed by atoms with van der Waals surface area (Å²) in [5.41, 5.74) is 6.39. The molecule has 1 aromatic heterocycles. The van der Waals surface area contributed by atoms with Gasteiger partial charge in [-0.1, -0.05) is 17.3 Å². The highest BCUT2D eigenvalue weighted by atomic mass is 16.6. The van der Waals surface area contributed by atoms with Crippen LogP contribution in [0.1, 0.15) is 47.5 Å². The number of anilines is 1. The number of hydrogen-bond acceptors (Lipinski definition) is 8. The van der Waals surface area contributed by atoms with E-state index < -0.39 is 12.2 Å². The van der Waals surface area contributed by atoms with Crippen molar-refractivity contribution in [2.24, 2.45) is 5.16 Å². The second-order valence-electron chi connectivity index (χ2n) is 9.92. The third-order valence-electron chi connectivity index (χ3n) is 7.22. The molecule has 0 radical (unpaired) electrons. The van der Waals surface area contributed by atoms with Gasteiger partial charge in [0.1, 0.15) is 35.2 Å². The van der Waals surface area contributed by atoms with Crippen molar-refractivity contribution in [1.29, 1.82) is 0 Å². The van der Waals surface area contributed by atoms with Gasteiger partial charge in [0.15, 0.2) is 6.10 Å². The van der Waals surface area contributed by atoms with Crippen LogP contribution in [0.3, 0.4) is 0 Å². The molecule has 200 valence electrons. The quantitative estimate of drug-likeness (QED) is 0.452. The zero-order valence-electron chi connectivity index (χ0n) is 22.6. The maximum absolute atomic E-state index is 11.4. The van der Waals surface area contributed by atoms with Gasteiger partial charge in [0.2, 0.25) is 0 Å². The summed E-state index contributed by atoms with van der Waals surface area (Å²) in [5.74, 6) is 1.92. The van der Waals surface area contributed by atoms with Gasteiger partial charge in [-0.05, 0) is 81.1 Å². The number of fused-ring (bicyclic) bond motifs is 2. The number of aliphatic hydroxyl groups is 1. The van der Waals surface area contributed by atoms with Gasteiger partial charge in [0.05, 0.1) is 32.1 Å². The second-order valence-corrected chi connectivity index (χ2v) is 9.92. The minimum atomic E-state index is -1.06. The Bertz CT molecular complexity index is 1340. The summed E-state index contributed by atoms with van der Waals surface area (Å²) in [6.45, 7) is 7.74. The van der Waals surface area contributed by atoms with Gasteiger partial charge in [-0.25, -0.2) is 0 Å². The molecule has 5 rings (SSSR count). The van der Waals surface area contributed by atoms with Crippen molar-refractivity contribution in [1.82, 2.24) is 4.98 Å². The van der Waals surface area contributed by atoms with Crippen molar-refractivity contribution >= 4 is 11.4 Å². The number of ether oxygens (including phenoxy) is 3. The Morgan fingerprint density at radius 1 is 1.11 bits per heavy atom. The van der Waals surface area contributed by atoms with E-state index in [0.717, 1.165) is 36.3 Å². The van der Waals surface area contributed by atoms with E-state index in [-0.39, 0.29) is 6.10 Å². The Morgan fingerprint density at radius 3 is 2.68 bits per heavy atom. The fourth-order valence-electron chi connectivity index (χ4n) is 5.05. The summed E-state index contributed by atoms with van der Waals surface area (Å²) < 4.78 is 17.0. The summed E-state index contributed by atoms with van der Waals surface area (Å²) in [7, 11) is 3.21. The molecule has 8 nitrogen and oxygen atoms in total. The first-order chi connectivity index (χ1) is 18.4. The summed E-state index contributed by atoms with van der Waals surface area (Å²) in [4.78, 5) is 13.2. The first kappa shape index (κ1) is 25.9. The molecule has 0 spiro atoms. The van der Waals surface area contributed by atoms with E-state index in [1.54, 1.807) is 14.2 Å². The molecule has 0 fully saturated rings. The first-order valence-corrected chi connectivity index (χ1v) is 13.0. The van der Waals surface area contributed by atoms with Crippen LogP contribution in [0, 0.1) is 13.8 Å². The van der Waals surface area contributed by atoms with E-state index in [0.29, 0.717) is 35.1 Å². The molecule has 38 heavy (non-hydrogen) atoms. The molecule has 2 aliphatic rings. The average Bonchev–Trinajstić information content (AvgIpc) is 2.93. The van der Waals surface area contributed by atoms with Crippen molar-refractivity contribution in [3.8, 4) is 17.2 Å². The summed E-state index contributed by atoms with van der Waals surface area (Å²) in [5, 5.41) is 16.0. The number of rotatable bonds is 7. The smallest absolute Gasteiger partial charge is 0.156 e. The van der Waals surface area contributed by atoms with Gasteiger partial charge in [0.25, 0.3) is 0 Å². The predicted octanol–water partition coefficient (Wildman–Crippen LogP) is 4.77. The molecule has 3 atom stereocenters. The van der Waals surface area contributed by atoms with Gasteiger partial charge in [0, 0.05) is 17.8 Å². The van der Waals surface area contributed by atoms with E-state index in [9.17, 15) is 5.11 Å². The lowest BCUT2D eigenvalue weighted by Crippen LogP contribution is -2.38. The van der Waals surface area contributed by atoms with E-state index in [1.165, 1.54) is 11.3 Å². The number of aliphatic hydroxyl groups excluding tert-OH is 1. The van der Waals surface area contributed by atoms with Crippen LogP contribution >= 0.6 is 0 Å². The highest BCUT2D eigenvalue weighted by molar-refractivity contribution is 6.07. The van der Waals surface area contributed by atoms with E-state index in [1.807, 2.05) is 49.4 Å². The van der Waals surface area contributed by atoms with Crippen LogP contribution in [0.25, 0.3) is 0 Å². The molecule has 0 aliphatic carbocycles. The molecular formula is C30H35N3O5. The molecule has 3 heterocycles. The van der Waals surface area contributed by atoms with Gasteiger partial charge >= 0.3 is 0 Å². The van der Waals surface area contributed by atoms with Crippen molar-refractivity contribution in [2.45, 2.75) is 51.9 Å². The number of hydrogen-bond donors (Lipinski definition) is 1. The standard InChI is InChI=1S/C30H35N3O5/c1-18-14-26-25(31-20(18)3)10-7-13-33(26)17-19(2)38-32-28-24-16-23(36-5)11-12-27(24)37-30(29(28)34)21-8-6-9-22(15-21)35-4/h6,8-9,11-12,14-16,19,29-30,34H,7,10,13,17H2,1-5H3/t19-,29-,30-/m1/s1. The molecule has 0 unspecified atom stereocenters. The van der Waals surface area contributed by atoms with Gasteiger partial charge in [-0.2, -0.15) is 0 Å². The minimum absolute atomic E-state index is 0.227. The number of benzene rings is 2. The molecule has 0 saturated heterocycles. The van der Waals surface area contributed by atoms with Crippen LogP contribution in [0.5, 0.6) is 17.2 Å². The number of nitrogens with zero attached hydrogens (tertiary/aromatic N) is 3. The molecule has 1 N–H and O–H groups in total. The molecule has 0 bridgehead atoms. The molecule has 8 heteroatoms. The van der Waals surface area contributed by atoms with Crippen LogP contribution in [-0.2, 0) is 11.3 Å². The Hall–Kier alpha value is -3.78. The largest absolute Gasteiger partial charge is 0.497 e. The normalized spacial score (nSPS) is 20.3. The topological polar surface area (TPSA) is 85.6 Å². The molecule has 0 saturated carbocycles. The van der Waals surface area contributed by atoms with Crippen LogP contribution in [0.4, 0.5) is 5.69 Å². The van der Waals surface area contributed by atoms with Crippen LogP contribution in [-0.4, -0.2) is 55.3 Å². The zero-order valence-corrected chi connectivity index (χ0v) is 22.6. The van der Waals surface area contributed by atoms with Gasteiger partial charge in [-0.3, -0.25) is 4.98 Å². The molecule has 0 amide bonds. The summed E-state index contributed by atoms with van der Waals surface area (Å²) in [6, 6.07) is 15.2. The fraction of sp³-hybridized carbons (Fsp3) is 0.400. The Balaban J connectivity index is 1.41. The van der Waals surface area contributed by atoms with Crippen molar-refractivity contribution in [3.05, 3.63) is 76.6 Å². The number of aromatic nitrogens is 1. The third kappa shape index (κ3) is 5.13. The number of pyridine rings is 1. The van der Waals surface area contributed by atoms with E-state index in [4.69, 9.17) is 24.0 Å². The average molecular weight is 518 g/mol. The fourth-order valence-corrected chi connectivity index (χ4v) is 5.05. The van der Waals surface area contributed by atoms with Gasteiger partial charge in [-0.15, -0.1) is 0 Å². The molecule has 3 aromatic rings. The molecule has 2 aliphatic heterocycles. The monoisotopic (exact) mass is 517 g/mol. The minimum Gasteiger partial charge on any atom is -0.497 e. The zero-order chi connectivity index (χ0) is 26.8. The van der Waals surface area contributed by atoms with Crippen LogP contribution in [0.15, 0.2) is 53.7 Å². The van der Waals surface area contributed by atoms with Crippen molar-refractivity contribution in [3.63, 3.8) is 0 Å². The lowest BCUT2D eigenvalue weighted by atomic mass is 9.92. The van der Waals surface area contributed by atoms with E-state index >= 15 is 0 Å². The molecular weight excluding hydrogens is 482 g/mol. The van der Waals surface area contributed by atoms with Crippen molar-refractivity contribution in [2.75, 3.05) is 32.2 Å². The van der Waals surface area contributed by atoms with Crippen LogP contribution in [0.2, 0.25) is 0 Å². The third-order valence-corrected chi connectivity index (χ3v) is 7.22. The first-order valence-electron chi connectivity index (χ1n) is 13.0. The molecule has 2 aromatic carbocycles. The van der Waals surface area contributed by atoms with Gasteiger partial charge < -0.3 is 29.1 Å². The maximum Gasteiger partial charge on any atom is 0.156 e. The summed E-state index contributed by atoms with van der Waals surface area (Å²) in [6.07, 6.45) is 0.0830. The predicted molar refractivity (Wildman–Crippen MR) is 147 cm³/mol. The van der Waals surface area contributed by atoms with Crippen molar-refractivity contribution < 1.29 is 24.2 Å².